The lowest BCUT2D eigenvalue weighted by Crippen LogP contribution is -2.52. The highest BCUT2D eigenvalue weighted by atomic mass is 16.5. The summed E-state index contributed by atoms with van der Waals surface area (Å²) in [5.74, 6) is 0.436. The van der Waals surface area contributed by atoms with Gasteiger partial charge in [0.15, 0.2) is 11.7 Å². The van der Waals surface area contributed by atoms with Crippen LogP contribution in [0.15, 0.2) is 71.3 Å². The zero-order valence-corrected chi connectivity index (χ0v) is 16.4. The van der Waals surface area contributed by atoms with E-state index in [1.807, 2.05) is 54.6 Å². The second kappa shape index (κ2) is 7.70. The average Bonchev–Trinajstić information content (AvgIpc) is 3.28. The van der Waals surface area contributed by atoms with Crippen LogP contribution in [-0.4, -0.2) is 24.2 Å². The Morgan fingerprint density at radius 3 is 2.66 bits per heavy atom. The van der Waals surface area contributed by atoms with Crippen molar-refractivity contribution in [3.05, 3.63) is 89.4 Å². The van der Waals surface area contributed by atoms with E-state index in [9.17, 15) is 9.90 Å². The second-order valence-corrected chi connectivity index (χ2v) is 7.04. The molecule has 1 aliphatic rings. The van der Waals surface area contributed by atoms with Crippen molar-refractivity contribution < 1.29 is 19.1 Å². The van der Waals surface area contributed by atoms with Crippen LogP contribution in [0, 0.1) is 0 Å². The van der Waals surface area contributed by atoms with Crippen molar-refractivity contribution in [2.24, 2.45) is 0 Å². The van der Waals surface area contributed by atoms with Gasteiger partial charge in [0.25, 0.3) is 5.91 Å². The van der Waals surface area contributed by atoms with Crippen molar-refractivity contribution in [2.75, 3.05) is 12.4 Å². The Bertz CT molecular complexity index is 1040. The molecule has 0 saturated heterocycles. The Morgan fingerprint density at radius 2 is 2.00 bits per heavy atom. The number of hydrogen-bond donors (Lipinski definition) is 2. The molecular weight excluding hydrogens is 366 g/mol. The summed E-state index contributed by atoms with van der Waals surface area (Å²) in [6, 6.07) is 18.6. The second-order valence-electron chi connectivity index (χ2n) is 7.04. The summed E-state index contributed by atoms with van der Waals surface area (Å²) in [4.78, 5) is 12.6. The minimum Gasteiger partial charge on any atom is -0.465 e. The first-order valence-electron chi connectivity index (χ1n) is 9.58. The molecule has 5 nitrogen and oxygen atoms in total. The van der Waals surface area contributed by atoms with Gasteiger partial charge < -0.3 is 19.6 Å². The predicted molar refractivity (Wildman–Crippen MR) is 112 cm³/mol. The smallest absolute Gasteiger partial charge is 0.257 e. The molecule has 2 aromatic carbocycles. The van der Waals surface area contributed by atoms with Crippen LogP contribution in [0.25, 0.3) is 11.6 Å². The van der Waals surface area contributed by atoms with Gasteiger partial charge in [0, 0.05) is 18.4 Å². The molecule has 2 heterocycles. The van der Waals surface area contributed by atoms with E-state index in [0.717, 1.165) is 23.3 Å². The molecule has 3 aromatic rings. The molecule has 29 heavy (non-hydrogen) atoms. The number of carbonyl (C=O) groups is 1. The number of fused-ring (bicyclic) bond motifs is 1. The fourth-order valence-electron chi connectivity index (χ4n) is 3.89. The number of carbonyl (C=O) groups excluding carboxylic acids is 1. The molecule has 148 valence electrons. The van der Waals surface area contributed by atoms with Crippen LogP contribution < -0.4 is 5.32 Å². The zero-order valence-electron chi connectivity index (χ0n) is 16.4. The molecule has 0 aliphatic carbocycles. The molecule has 1 amide bonds. The van der Waals surface area contributed by atoms with E-state index in [1.54, 1.807) is 18.4 Å². The first kappa shape index (κ1) is 19.2. The molecule has 1 aliphatic heterocycles. The van der Waals surface area contributed by atoms with Gasteiger partial charge in [-0.2, -0.15) is 0 Å². The largest absolute Gasteiger partial charge is 0.465 e. The molecule has 0 saturated carbocycles. The number of methoxy groups -OCH3 is 1. The van der Waals surface area contributed by atoms with Crippen molar-refractivity contribution >= 4 is 23.2 Å². The van der Waals surface area contributed by atoms with Crippen LogP contribution in [-0.2, 0) is 15.1 Å². The van der Waals surface area contributed by atoms with E-state index in [-0.39, 0.29) is 5.91 Å². The topological polar surface area (TPSA) is 71.7 Å². The number of allylic oxidation sites excluding steroid dienone is 1. The van der Waals surface area contributed by atoms with Crippen LogP contribution in [0.5, 0.6) is 0 Å². The molecule has 1 aromatic heterocycles. The number of hydrogen-bond acceptors (Lipinski definition) is 4. The van der Waals surface area contributed by atoms with Crippen LogP contribution in [0.3, 0.4) is 0 Å². The van der Waals surface area contributed by atoms with Gasteiger partial charge >= 0.3 is 0 Å². The van der Waals surface area contributed by atoms with Gasteiger partial charge in [-0.25, -0.2) is 0 Å². The van der Waals surface area contributed by atoms with Gasteiger partial charge in [-0.05, 0) is 53.5 Å². The average molecular weight is 389 g/mol. The van der Waals surface area contributed by atoms with E-state index in [1.165, 1.54) is 7.11 Å². The normalized spacial score (nSPS) is 21.6. The maximum atomic E-state index is 12.6. The molecule has 0 radical (unpaired) electrons. The maximum absolute atomic E-state index is 12.6. The first-order chi connectivity index (χ1) is 14.1. The summed E-state index contributed by atoms with van der Waals surface area (Å²) >= 11 is 0. The molecule has 5 heteroatoms. The Hall–Kier alpha value is -3.15. The van der Waals surface area contributed by atoms with E-state index in [4.69, 9.17) is 9.15 Å². The fourth-order valence-corrected chi connectivity index (χ4v) is 3.89. The fraction of sp³-hybridized carbons (Fsp3) is 0.208. The summed E-state index contributed by atoms with van der Waals surface area (Å²) in [6.07, 6.45) is 3.42. The SMILES string of the molecule is CCC(=Cc1ccc2c(c1)C(O)(c1ccccc1)C(OC)C(=O)N2)c1ccco1. The van der Waals surface area contributed by atoms with Crippen molar-refractivity contribution in [3.8, 4) is 0 Å². The van der Waals surface area contributed by atoms with Gasteiger partial charge in [0.2, 0.25) is 0 Å². The molecule has 0 fully saturated rings. The maximum Gasteiger partial charge on any atom is 0.257 e. The number of benzene rings is 2. The third-order valence-corrected chi connectivity index (χ3v) is 5.34. The number of furan rings is 1. The Balaban J connectivity index is 1.87. The molecular formula is C24H23NO4. The van der Waals surface area contributed by atoms with Gasteiger partial charge in [-0.1, -0.05) is 43.3 Å². The lowest BCUT2D eigenvalue weighted by Gasteiger charge is -2.40. The summed E-state index contributed by atoms with van der Waals surface area (Å²) < 4.78 is 11.0. The van der Waals surface area contributed by atoms with E-state index >= 15 is 0 Å². The van der Waals surface area contributed by atoms with E-state index < -0.39 is 11.7 Å². The van der Waals surface area contributed by atoms with Crippen LogP contribution in [0.1, 0.15) is 35.8 Å². The van der Waals surface area contributed by atoms with Gasteiger partial charge in [-0.3, -0.25) is 4.79 Å². The lowest BCUT2D eigenvalue weighted by molar-refractivity contribution is -0.142. The number of rotatable bonds is 5. The molecule has 4 rings (SSSR count). The minimum absolute atomic E-state index is 0.375. The van der Waals surface area contributed by atoms with Gasteiger partial charge in [-0.15, -0.1) is 0 Å². The minimum atomic E-state index is -1.60. The van der Waals surface area contributed by atoms with Crippen LogP contribution in [0.2, 0.25) is 0 Å². The molecule has 0 spiro atoms. The number of amides is 1. The highest BCUT2D eigenvalue weighted by molar-refractivity contribution is 6.00. The quantitative estimate of drug-likeness (QED) is 0.677. The van der Waals surface area contributed by atoms with Crippen LogP contribution in [0.4, 0.5) is 5.69 Å². The Kier molecular flexibility index (Phi) is 5.09. The first-order valence-corrected chi connectivity index (χ1v) is 9.58. The molecule has 2 unspecified atom stereocenters. The summed E-state index contributed by atoms with van der Waals surface area (Å²) in [5.41, 5.74) is 2.11. The van der Waals surface area contributed by atoms with Crippen molar-refractivity contribution in [1.82, 2.24) is 0 Å². The zero-order chi connectivity index (χ0) is 20.4. The summed E-state index contributed by atoms with van der Waals surface area (Å²) in [6.45, 7) is 2.06. The van der Waals surface area contributed by atoms with Gasteiger partial charge in [0.05, 0.1) is 6.26 Å². The number of nitrogens with one attached hydrogen (secondary N) is 1. The van der Waals surface area contributed by atoms with Crippen molar-refractivity contribution in [3.63, 3.8) is 0 Å². The highest BCUT2D eigenvalue weighted by Gasteiger charge is 2.49. The third kappa shape index (κ3) is 3.28. The van der Waals surface area contributed by atoms with Crippen molar-refractivity contribution in [1.29, 1.82) is 0 Å². The Morgan fingerprint density at radius 1 is 1.21 bits per heavy atom. The number of aliphatic hydroxyl groups is 1. The number of anilines is 1. The summed E-state index contributed by atoms with van der Waals surface area (Å²) in [7, 11) is 1.43. The monoisotopic (exact) mass is 389 g/mol. The summed E-state index contributed by atoms with van der Waals surface area (Å²) in [5, 5.41) is 14.6. The standard InChI is InChI=1S/C24H23NO4/c1-3-17(21-10-7-13-29-21)14-16-11-12-20-19(15-16)24(27,18-8-5-4-6-9-18)22(28-2)23(26)25-20/h4-15,22,27H,3H2,1-2H3,(H,25,26). The van der Waals surface area contributed by atoms with E-state index in [2.05, 4.69) is 12.2 Å². The molecule has 2 atom stereocenters. The lowest BCUT2D eigenvalue weighted by atomic mass is 9.77. The number of ether oxygens (including phenoxy) is 1. The predicted octanol–water partition coefficient (Wildman–Crippen LogP) is 4.43. The third-order valence-electron chi connectivity index (χ3n) is 5.34. The van der Waals surface area contributed by atoms with Gasteiger partial charge in [0.1, 0.15) is 5.76 Å². The van der Waals surface area contributed by atoms with Crippen molar-refractivity contribution in [2.45, 2.75) is 25.0 Å². The highest BCUT2D eigenvalue weighted by Crippen LogP contribution is 2.43. The molecule has 0 bridgehead atoms. The van der Waals surface area contributed by atoms with Crippen LogP contribution >= 0.6 is 0 Å². The van der Waals surface area contributed by atoms with E-state index in [0.29, 0.717) is 16.8 Å². The Labute approximate surface area is 169 Å². The molecule has 2 N–H and O–H groups in total.